The lowest BCUT2D eigenvalue weighted by Gasteiger charge is -2.53. The molecular formula is C56H88F6O. The lowest BCUT2D eigenvalue weighted by Crippen LogP contribution is -2.52. The quantitative estimate of drug-likeness (QED) is 0.0533. The van der Waals surface area contributed by atoms with E-state index in [1.54, 1.807) is 0 Å². The van der Waals surface area contributed by atoms with Crippen LogP contribution in [0, 0.1) is 46.3 Å². The van der Waals surface area contributed by atoms with E-state index in [-0.39, 0.29) is 25.0 Å². The van der Waals surface area contributed by atoms with Crippen LogP contribution < -0.4 is 0 Å². The van der Waals surface area contributed by atoms with Crippen LogP contribution in [-0.2, 0) is 4.74 Å². The minimum Gasteiger partial charge on any atom is -0.379 e. The number of rotatable bonds is 24. The third kappa shape index (κ3) is 11.8. The first kappa shape index (κ1) is 50.9. The average molecular weight is 891 g/mol. The lowest BCUT2D eigenvalue weighted by molar-refractivity contribution is -0.0619. The van der Waals surface area contributed by atoms with E-state index >= 15 is 26.3 Å². The topological polar surface area (TPSA) is 9.23 Å². The van der Waals surface area contributed by atoms with Crippen molar-refractivity contribution in [2.75, 3.05) is 13.2 Å². The maximum Gasteiger partial charge on any atom is 0.188 e. The highest BCUT2D eigenvalue weighted by Gasteiger charge is 2.61. The minimum absolute atomic E-state index is 0.00282. The molecular weight excluding hydrogens is 803 g/mol. The summed E-state index contributed by atoms with van der Waals surface area (Å²) < 4.78 is 106. The van der Waals surface area contributed by atoms with Gasteiger partial charge in [0.1, 0.15) is 11.7 Å². The molecule has 63 heavy (non-hydrogen) atoms. The number of unbranched alkanes of at least 4 members (excludes halogenated alkanes) is 12. The van der Waals surface area contributed by atoms with Crippen molar-refractivity contribution in [1.29, 1.82) is 0 Å². The summed E-state index contributed by atoms with van der Waals surface area (Å²) in [5.74, 6) is -6.04. The van der Waals surface area contributed by atoms with Crippen molar-refractivity contribution in [2.24, 2.45) is 46.3 Å². The molecule has 4 saturated carbocycles. The molecule has 4 fully saturated rings. The molecule has 0 aliphatic heterocycles. The van der Waals surface area contributed by atoms with Gasteiger partial charge < -0.3 is 4.74 Å². The predicted molar refractivity (Wildman–Crippen MR) is 249 cm³/mol. The predicted octanol–water partition coefficient (Wildman–Crippen LogP) is 18.9. The van der Waals surface area contributed by atoms with Crippen LogP contribution in [0.5, 0.6) is 0 Å². The minimum atomic E-state index is -2.51. The van der Waals surface area contributed by atoms with Crippen LogP contribution in [0.15, 0.2) is 47.6 Å². The Hall–Kier alpha value is -1.50. The Morgan fingerprint density at radius 2 is 0.794 bits per heavy atom. The summed E-state index contributed by atoms with van der Waals surface area (Å²) in [4.78, 5) is 0. The van der Waals surface area contributed by atoms with Gasteiger partial charge in [-0.3, -0.25) is 0 Å². The Bertz CT molecular complexity index is 1380. The SMILES string of the molecule is CCCCCCCCC[C@H]1CC[C@H](C2([C@@]3(F)C=C[C@@H](COC[C@@H]4C=C[C@](F)(C5([C@H]6CC[C@H](CCCCCCCCC)CC6)CCCCC5)C(F)=C4F)C(F)=C3F)CCCCC2)CC1. The number of ether oxygens (including phenoxy) is 1. The fraction of sp³-hybridized carbons (Fsp3) is 0.857. The van der Waals surface area contributed by atoms with E-state index in [4.69, 9.17) is 4.74 Å². The van der Waals surface area contributed by atoms with Gasteiger partial charge in [0.25, 0.3) is 0 Å². The fourth-order valence-corrected chi connectivity index (χ4v) is 14.1. The van der Waals surface area contributed by atoms with Crippen LogP contribution in [0.3, 0.4) is 0 Å². The normalized spacial score (nSPS) is 33.6. The molecule has 0 unspecified atom stereocenters. The molecule has 360 valence electrons. The zero-order valence-electron chi connectivity index (χ0n) is 39.9. The largest absolute Gasteiger partial charge is 0.379 e. The van der Waals surface area contributed by atoms with Gasteiger partial charge in [-0.15, -0.1) is 0 Å². The van der Waals surface area contributed by atoms with E-state index in [0.717, 1.165) is 89.9 Å². The van der Waals surface area contributed by atoms with Crippen LogP contribution in [-0.4, -0.2) is 24.6 Å². The first-order chi connectivity index (χ1) is 30.5. The molecule has 0 bridgehead atoms. The van der Waals surface area contributed by atoms with Crippen LogP contribution in [0.2, 0.25) is 0 Å². The summed E-state index contributed by atoms with van der Waals surface area (Å²) in [5, 5.41) is 0. The molecule has 0 aromatic rings. The van der Waals surface area contributed by atoms with Crippen molar-refractivity contribution in [2.45, 2.75) is 243 Å². The van der Waals surface area contributed by atoms with Gasteiger partial charge in [0.2, 0.25) is 0 Å². The van der Waals surface area contributed by atoms with Crippen molar-refractivity contribution in [3.8, 4) is 0 Å². The van der Waals surface area contributed by atoms with Crippen molar-refractivity contribution in [3.63, 3.8) is 0 Å². The Kier molecular flexibility index (Phi) is 19.8. The van der Waals surface area contributed by atoms with Crippen LogP contribution in [0.25, 0.3) is 0 Å². The zero-order chi connectivity index (χ0) is 44.8. The van der Waals surface area contributed by atoms with Crippen LogP contribution in [0.4, 0.5) is 26.3 Å². The number of halogens is 6. The molecule has 0 saturated heterocycles. The molecule has 0 heterocycles. The highest BCUT2D eigenvalue weighted by atomic mass is 19.2. The van der Waals surface area contributed by atoms with Gasteiger partial charge in [0.05, 0.1) is 25.0 Å². The standard InChI is InChI=1S/C56H88F6O/c1-3-5-7-9-11-13-17-23-43-25-29-47(30-26-43)53(35-19-15-20-36-53)55(61)39-33-45(49(57)51(55)59)41-63-42-46-34-40-56(62,52(60)50(46)58)54(37-21-16-22-38-54)48-31-27-44(28-32-48)24-18-14-12-10-8-6-4-2/h33-34,39-40,43-48H,3-32,35-38,41-42H2,1-2H3/t43-,44-,45-,46-,47-,48-,55+,56+/m0/s1. The van der Waals surface area contributed by atoms with Gasteiger partial charge in [-0.1, -0.05) is 193 Å². The molecule has 0 amide bonds. The van der Waals surface area contributed by atoms with E-state index in [1.807, 2.05) is 0 Å². The second-order valence-electron chi connectivity index (χ2n) is 21.9. The first-order valence-electron chi connectivity index (χ1n) is 27.0. The van der Waals surface area contributed by atoms with Crippen LogP contribution >= 0.6 is 0 Å². The van der Waals surface area contributed by atoms with Crippen LogP contribution in [0.1, 0.15) is 232 Å². The summed E-state index contributed by atoms with van der Waals surface area (Å²) in [7, 11) is 0. The molecule has 6 aliphatic carbocycles. The van der Waals surface area contributed by atoms with Gasteiger partial charge in [-0.25, -0.2) is 26.3 Å². The van der Waals surface area contributed by atoms with E-state index in [1.165, 1.54) is 127 Å². The number of alkyl halides is 2. The summed E-state index contributed by atoms with van der Waals surface area (Å²) in [6.07, 6.45) is 40.7. The maximum absolute atomic E-state index is 17.5. The highest BCUT2D eigenvalue weighted by molar-refractivity contribution is 5.37. The summed E-state index contributed by atoms with van der Waals surface area (Å²) in [5.41, 5.74) is -6.97. The third-order valence-electron chi connectivity index (χ3n) is 18.0. The molecule has 0 aromatic carbocycles. The van der Waals surface area contributed by atoms with Gasteiger partial charge >= 0.3 is 0 Å². The van der Waals surface area contributed by atoms with Gasteiger partial charge in [0, 0.05) is 10.8 Å². The molecule has 0 aromatic heterocycles. The number of hydrogen-bond donors (Lipinski definition) is 0. The summed E-state index contributed by atoms with van der Waals surface area (Å²) >= 11 is 0. The molecule has 6 rings (SSSR count). The lowest BCUT2D eigenvalue weighted by atomic mass is 9.53. The molecule has 7 heteroatoms. The van der Waals surface area contributed by atoms with E-state index in [9.17, 15) is 0 Å². The molecule has 6 aliphatic rings. The molecule has 4 atom stereocenters. The summed E-state index contributed by atoms with van der Waals surface area (Å²) in [6.45, 7) is 3.80. The van der Waals surface area contributed by atoms with E-state index in [0.29, 0.717) is 37.5 Å². The summed E-state index contributed by atoms with van der Waals surface area (Å²) in [6, 6.07) is 0. The van der Waals surface area contributed by atoms with Gasteiger partial charge in [-0.2, -0.15) is 0 Å². The van der Waals surface area contributed by atoms with E-state index < -0.39 is 57.3 Å². The number of hydrogen-bond acceptors (Lipinski definition) is 1. The highest BCUT2D eigenvalue weighted by Crippen LogP contribution is 2.63. The first-order valence-corrected chi connectivity index (χ1v) is 27.0. The molecule has 0 N–H and O–H groups in total. The zero-order valence-corrected chi connectivity index (χ0v) is 39.9. The molecule has 0 radical (unpaired) electrons. The van der Waals surface area contributed by atoms with E-state index in [2.05, 4.69) is 13.8 Å². The molecule has 0 spiro atoms. The fourth-order valence-electron chi connectivity index (χ4n) is 14.1. The van der Waals surface area contributed by atoms with Crippen molar-refractivity contribution < 1.29 is 31.1 Å². The van der Waals surface area contributed by atoms with Crippen molar-refractivity contribution >= 4 is 0 Å². The Balaban J connectivity index is 1.02. The second kappa shape index (κ2) is 24.5. The third-order valence-corrected chi connectivity index (χ3v) is 18.0. The van der Waals surface area contributed by atoms with Gasteiger partial charge in [-0.05, 0) is 87.2 Å². The van der Waals surface area contributed by atoms with Crippen molar-refractivity contribution in [3.05, 3.63) is 47.6 Å². The average Bonchev–Trinajstić information content (AvgIpc) is 3.31. The maximum atomic E-state index is 17.5. The van der Waals surface area contributed by atoms with Gasteiger partial charge in [0.15, 0.2) is 23.0 Å². The smallest absolute Gasteiger partial charge is 0.188 e. The monoisotopic (exact) mass is 891 g/mol. The Morgan fingerprint density at radius 3 is 1.14 bits per heavy atom. The second-order valence-corrected chi connectivity index (χ2v) is 21.9. The molecule has 1 nitrogen and oxygen atoms in total. The number of allylic oxidation sites excluding steroid dienone is 4. The van der Waals surface area contributed by atoms with Crippen molar-refractivity contribution in [1.82, 2.24) is 0 Å². The Labute approximate surface area is 380 Å². The Morgan fingerprint density at radius 1 is 0.460 bits per heavy atom.